The SMILES string of the molecule is ClOCI. The van der Waals surface area contributed by atoms with Gasteiger partial charge in [-0.05, 0) is 0 Å². The summed E-state index contributed by atoms with van der Waals surface area (Å²) >= 11 is 6.68. The molecular weight excluding hydrogens is 190 g/mol. The molecule has 0 aliphatic rings. The Balaban J connectivity index is 1.97. The second-order valence-corrected chi connectivity index (χ2v) is 1.06. The lowest BCUT2D eigenvalue weighted by atomic mass is 11.8. The monoisotopic (exact) mass is 192 g/mol. The summed E-state index contributed by atoms with van der Waals surface area (Å²) in [7, 11) is 0. The van der Waals surface area contributed by atoms with Gasteiger partial charge >= 0.3 is 0 Å². The summed E-state index contributed by atoms with van der Waals surface area (Å²) in [5.41, 5.74) is 0. The number of hydrogen-bond acceptors (Lipinski definition) is 1. The Labute approximate surface area is 43.6 Å². The molecule has 0 aromatic carbocycles. The van der Waals surface area contributed by atoms with Gasteiger partial charge in [0.15, 0.2) is 0 Å². The van der Waals surface area contributed by atoms with Gasteiger partial charge in [0.2, 0.25) is 0 Å². The van der Waals surface area contributed by atoms with Gasteiger partial charge in [0.1, 0.15) is 4.61 Å². The van der Waals surface area contributed by atoms with Crippen molar-refractivity contribution in [2.75, 3.05) is 4.61 Å². The normalized spacial score (nSPS) is 7.50. The Morgan fingerprint density at radius 1 is 2.00 bits per heavy atom. The van der Waals surface area contributed by atoms with Gasteiger partial charge in [-0.1, -0.05) is 22.6 Å². The van der Waals surface area contributed by atoms with Gasteiger partial charge in [-0.3, -0.25) is 4.29 Å². The topological polar surface area (TPSA) is 9.23 Å². The molecular formula is CH2ClIO. The summed E-state index contributed by atoms with van der Waals surface area (Å²) < 4.78 is 4.56. The van der Waals surface area contributed by atoms with Crippen molar-refractivity contribution in [2.24, 2.45) is 0 Å². The molecule has 0 N–H and O–H groups in total. The fourth-order valence-corrected chi connectivity index (χ4v) is 0. The van der Waals surface area contributed by atoms with E-state index in [1.54, 1.807) is 0 Å². The van der Waals surface area contributed by atoms with E-state index in [2.05, 4.69) is 16.2 Å². The number of halogens is 2. The molecule has 0 aromatic rings. The lowest BCUT2D eigenvalue weighted by Gasteiger charge is -1.68. The lowest BCUT2D eigenvalue weighted by molar-refractivity contribution is 0.451. The van der Waals surface area contributed by atoms with Crippen molar-refractivity contribution in [3.63, 3.8) is 0 Å². The van der Waals surface area contributed by atoms with Gasteiger partial charge in [0.05, 0.1) is 11.9 Å². The molecule has 0 saturated heterocycles. The first kappa shape index (κ1) is 4.98. The minimum Gasteiger partial charge on any atom is -0.269 e. The molecule has 0 fully saturated rings. The van der Waals surface area contributed by atoms with E-state index in [1.165, 1.54) is 0 Å². The van der Waals surface area contributed by atoms with Crippen LogP contribution in [0.3, 0.4) is 0 Å². The Bertz CT molecular complexity index is 10.0. The fraction of sp³-hybridized carbons (Fsp3) is 1.00. The van der Waals surface area contributed by atoms with E-state index in [-0.39, 0.29) is 0 Å². The van der Waals surface area contributed by atoms with E-state index < -0.39 is 0 Å². The Kier molecular flexibility index (Phi) is 4.96. The highest BCUT2D eigenvalue weighted by molar-refractivity contribution is 14.1. The summed E-state index contributed by atoms with van der Waals surface area (Å²) in [5.74, 6) is 0. The molecule has 0 aromatic heterocycles. The van der Waals surface area contributed by atoms with Crippen LogP contribution in [0.5, 0.6) is 0 Å². The molecule has 0 aliphatic carbocycles. The third-order valence-electron chi connectivity index (χ3n) is 0.0412. The number of alkyl halides is 1. The highest BCUT2D eigenvalue weighted by Gasteiger charge is 1.58. The zero-order valence-electron chi connectivity index (χ0n) is 1.87. The standard InChI is InChI=1S/CH2ClIO/c2-4-1-3/h1H2. The predicted octanol–water partition coefficient (Wildman–Crippen LogP) is 1.55. The van der Waals surface area contributed by atoms with Crippen LogP contribution in [0.1, 0.15) is 0 Å². The molecule has 0 spiro atoms. The first-order valence-electron chi connectivity index (χ1n) is 0.710. The first-order chi connectivity index (χ1) is 1.91. The zero-order chi connectivity index (χ0) is 3.41. The molecule has 0 aliphatic heterocycles. The van der Waals surface area contributed by atoms with E-state index in [9.17, 15) is 0 Å². The molecule has 0 amide bonds. The van der Waals surface area contributed by atoms with Crippen LogP contribution in [-0.2, 0) is 4.29 Å². The van der Waals surface area contributed by atoms with Crippen molar-refractivity contribution in [2.45, 2.75) is 0 Å². The Hall–Kier alpha value is 0.980. The molecule has 0 rings (SSSR count). The highest BCUT2D eigenvalue weighted by atomic mass is 127. The van der Waals surface area contributed by atoms with Gasteiger partial charge in [-0.25, -0.2) is 0 Å². The molecule has 0 radical (unpaired) electrons. The van der Waals surface area contributed by atoms with Crippen molar-refractivity contribution in [3.05, 3.63) is 0 Å². The molecule has 3 heteroatoms. The van der Waals surface area contributed by atoms with Crippen molar-refractivity contribution in [1.29, 1.82) is 0 Å². The van der Waals surface area contributed by atoms with E-state index in [1.807, 2.05) is 22.6 Å². The first-order valence-corrected chi connectivity index (χ1v) is 2.54. The van der Waals surface area contributed by atoms with Crippen LogP contribution in [0.25, 0.3) is 0 Å². The van der Waals surface area contributed by atoms with Crippen LogP contribution in [-0.4, -0.2) is 4.61 Å². The maximum absolute atomic E-state index is 4.68. The average molecular weight is 192 g/mol. The molecule has 0 saturated carbocycles. The van der Waals surface area contributed by atoms with E-state index >= 15 is 0 Å². The quantitative estimate of drug-likeness (QED) is 0.452. The van der Waals surface area contributed by atoms with Gasteiger partial charge in [-0.2, -0.15) is 0 Å². The van der Waals surface area contributed by atoms with Crippen LogP contribution >= 0.6 is 34.5 Å². The van der Waals surface area contributed by atoms with Crippen molar-refractivity contribution in [1.82, 2.24) is 0 Å². The third kappa shape index (κ3) is 2.98. The number of hydrogen-bond donors (Lipinski definition) is 0. The van der Waals surface area contributed by atoms with Crippen LogP contribution in [0.4, 0.5) is 0 Å². The molecule has 1 nitrogen and oxygen atoms in total. The summed E-state index contributed by atoms with van der Waals surface area (Å²) in [5, 5.41) is 0. The maximum Gasteiger partial charge on any atom is 0.119 e. The molecule has 0 atom stereocenters. The zero-order valence-corrected chi connectivity index (χ0v) is 4.78. The molecule has 4 heavy (non-hydrogen) atoms. The average Bonchev–Trinajstić information content (AvgIpc) is 1.37. The fourth-order valence-electron chi connectivity index (χ4n) is 0. The Morgan fingerprint density at radius 3 is 2.25 bits per heavy atom. The smallest absolute Gasteiger partial charge is 0.119 e. The van der Waals surface area contributed by atoms with Crippen LogP contribution in [0.2, 0.25) is 0 Å². The van der Waals surface area contributed by atoms with Crippen molar-refractivity contribution in [3.8, 4) is 0 Å². The van der Waals surface area contributed by atoms with Crippen molar-refractivity contribution >= 4 is 34.5 Å². The van der Waals surface area contributed by atoms with Gasteiger partial charge < -0.3 is 0 Å². The molecule has 0 unspecified atom stereocenters. The minimum atomic E-state index is 0.555. The summed E-state index contributed by atoms with van der Waals surface area (Å²) in [6.07, 6.45) is 0. The van der Waals surface area contributed by atoms with Gasteiger partial charge in [0, 0.05) is 0 Å². The minimum absolute atomic E-state index is 0.555. The molecule has 0 heterocycles. The molecule has 0 bridgehead atoms. The van der Waals surface area contributed by atoms with Crippen molar-refractivity contribution < 1.29 is 4.29 Å². The third-order valence-corrected chi connectivity index (χ3v) is 0.830. The summed E-state index contributed by atoms with van der Waals surface area (Å²) in [6, 6.07) is 0. The second kappa shape index (κ2) is 3.98. The van der Waals surface area contributed by atoms with E-state index in [0.717, 1.165) is 0 Å². The number of rotatable bonds is 1. The van der Waals surface area contributed by atoms with Crippen LogP contribution in [0, 0.1) is 0 Å². The molecule has 26 valence electrons. The predicted molar refractivity (Wildman–Crippen MR) is 25.8 cm³/mol. The summed E-state index contributed by atoms with van der Waals surface area (Å²) in [4.78, 5) is 0. The Morgan fingerprint density at radius 2 is 2.25 bits per heavy atom. The van der Waals surface area contributed by atoms with Crippen LogP contribution in [0.15, 0.2) is 0 Å². The second-order valence-electron chi connectivity index (χ2n) is 0.218. The highest BCUT2D eigenvalue weighted by Crippen LogP contribution is 1.83. The van der Waals surface area contributed by atoms with Crippen LogP contribution < -0.4 is 0 Å². The van der Waals surface area contributed by atoms with Gasteiger partial charge in [-0.15, -0.1) is 0 Å². The lowest BCUT2D eigenvalue weighted by Crippen LogP contribution is -1.56. The van der Waals surface area contributed by atoms with E-state index in [0.29, 0.717) is 4.61 Å². The van der Waals surface area contributed by atoms with Gasteiger partial charge in [0.25, 0.3) is 0 Å². The van der Waals surface area contributed by atoms with E-state index in [4.69, 9.17) is 0 Å². The summed E-state index contributed by atoms with van der Waals surface area (Å²) in [6.45, 7) is 0. The largest absolute Gasteiger partial charge is 0.269 e. The maximum atomic E-state index is 4.68.